The van der Waals surface area contributed by atoms with Crippen molar-refractivity contribution in [3.05, 3.63) is 54.0 Å². The Balaban J connectivity index is 1.86. The van der Waals surface area contributed by atoms with Gasteiger partial charge in [0, 0.05) is 12.4 Å². The molecule has 20 heavy (non-hydrogen) atoms. The molecule has 2 amide bonds. The Morgan fingerprint density at radius 2 is 1.95 bits per heavy atom. The summed E-state index contributed by atoms with van der Waals surface area (Å²) in [5, 5.41) is 4.91. The molecular formula is C14H14N4O2. The lowest BCUT2D eigenvalue weighted by Crippen LogP contribution is -2.35. The zero-order chi connectivity index (χ0) is 14.4. The van der Waals surface area contributed by atoms with Crippen LogP contribution in [0.5, 0.6) is 0 Å². The topological polar surface area (TPSA) is 84.0 Å². The second kappa shape index (κ2) is 6.42. The fourth-order valence-electron chi connectivity index (χ4n) is 1.47. The SMILES string of the molecule is Cc1ccc(NC(=O)C(=O)NCc2ccccn2)nc1. The van der Waals surface area contributed by atoms with Gasteiger partial charge in [0.2, 0.25) is 0 Å². The fraction of sp³-hybridized carbons (Fsp3) is 0.143. The first kappa shape index (κ1) is 13.7. The third-order valence-corrected chi connectivity index (χ3v) is 2.52. The highest BCUT2D eigenvalue weighted by Crippen LogP contribution is 2.03. The summed E-state index contributed by atoms with van der Waals surface area (Å²) in [6.07, 6.45) is 3.24. The molecule has 2 aromatic rings. The highest BCUT2D eigenvalue weighted by atomic mass is 16.2. The molecule has 2 aromatic heterocycles. The van der Waals surface area contributed by atoms with Gasteiger partial charge >= 0.3 is 11.8 Å². The molecule has 0 aliphatic rings. The van der Waals surface area contributed by atoms with E-state index in [1.54, 1.807) is 36.7 Å². The maximum atomic E-state index is 11.6. The summed E-state index contributed by atoms with van der Waals surface area (Å²) >= 11 is 0. The minimum atomic E-state index is -0.753. The number of carbonyl (C=O) groups is 2. The number of nitrogens with zero attached hydrogens (tertiary/aromatic N) is 2. The van der Waals surface area contributed by atoms with Crippen LogP contribution in [0.4, 0.5) is 5.82 Å². The maximum absolute atomic E-state index is 11.6. The predicted octanol–water partition coefficient (Wildman–Crippen LogP) is 1.04. The van der Waals surface area contributed by atoms with Gasteiger partial charge in [-0.1, -0.05) is 12.1 Å². The zero-order valence-corrected chi connectivity index (χ0v) is 11.0. The highest BCUT2D eigenvalue weighted by molar-refractivity contribution is 6.39. The van der Waals surface area contributed by atoms with Crippen molar-refractivity contribution in [2.45, 2.75) is 13.5 Å². The lowest BCUT2D eigenvalue weighted by molar-refractivity contribution is -0.136. The van der Waals surface area contributed by atoms with E-state index in [1.165, 1.54) is 0 Å². The number of hydrogen-bond acceptors (Lipinski definition) is 4. The lowest BCUT2D eigenvalue weighted by Gasteiger charge is -2.05. The molecule has 0 radical (unpaired) electrons. The zero-order valence-electron chi connectivity index (χ0n) is 11.0. The van der Waals surface area contributed by atoms with Crippen molar-refractivity contribution in [2.24, 2.45) is 0 Å². The van der Waals surface area contributed by atoms with Crippen molar-refractivity contribution in [1.82, 2.24) is 15.3 Å². The Morgan fingerprint density at radius 3 is 2.60 bits per heavy atom. The molecule has 2 heterocycles. The van der Waals surface area contributed by atoms with Crippen molar-refractivity contribution < 1.29 is 9.59 Å². The van der Waals surface area contributed by atoms with Crippen LogP contribution in [-0.4, -0.2) is 21.8 Å². The molecule has 0 spiro atoms. The molecule has 0 saturated carbocycles. The van der Waals surface area contributed by atoms with Gasteiger partial charge in [-0.25, -0.2) is 4.98 Å². The van der Waals surface area contributed by atoms with E-state index < -0.39 is 11.8 Å². The van der Waals surface area contributed by atoms with Gasteiger partial charge in [0.05, 0.1) is 12.2 Å². The standard InChI is InChI=1S/C14H14N4O2/c1-10-5-6-12(16-8-10)18-14(20)13(19)17-9-11-4-2-3-7-15-11/h2-8H,9H2,1H3,(H,17,19)(H,16,18,20). The molecule has 0 aliphatic heterocycles. The first-order valence-corrected chi connectivity index (χ1v) is 6.07. The molecular weight excluding hydrogens is 256 g/mol. The quantitative estimate of drug-likeness (QED) is 0.816. The predicted molar refractivity (Wildman–Crippen MR) is 73.7 cm³/mol. The smallest absolute Gasteiger partial charge is 0.314 e. The van der Waals surface area contributed by atoms with Gasteiger partial charge in [-0.15, -0.1) is 0 Å². The van der Waals surface area contributed by atoms with Crippen molar-refractivity contribution in [3.8, 4) is 0 Å². The number of hydrogen-bond donors (Lipinski definition) is 2. The molecule has 102 valence electrons. The largest absolute Gasteiger partial charge is 0.342 e. The molecule has 6 nitrogen and oxygen atoms in total. The number of aromatic nitrogens is 2. The average molecular weight is 270 g/mol. The average Bonchev–Trinajstić information content (AvgIpc) is 2.48. The molecule has 0 bridgehead atoms. The Kier molecular flexibility index (Phi) is 4.39. The summed E-state index contributed by atoms with van der Waals surface area (Å²) in [4.78, 5) is 31.3. The molecule has 0 atom stereocenters. The van der Waals surface area contributed by atoms with Crippen molar-refractivity contribution >= 4 is 17.6 Å². The van der Waals surface area contributed by atoms with Crippen LogP contribution in [-0.2, 0) is 16.1 Å². The van der Waals surface area contributed by atoms with Gasteiger partial charge in [0.25, 0.3) is 0 Å². The number of carbonyl (C=O) groups excluding carboxylic acids is 2. The Labute approximate surface area is 116 Å². The van der Waals surface area contributed by atoms with Crippen LogP contribution in [0.1, 0.15) is 11.3 Å². The van der Waals surface area contributed by atoms with Gasteiger partial charge in [-0.3, -0.25) is 14.6 Å². The Bertz CT molecular complexity index is 596. The van der Waals surface area contributed by atoms with Crippen LogP contribution in [0.15, 0.2) is 42.7 Å². The Morgan fingerprint density at radius 1 is 1.10 bits per heavy atom. The first-order chi connectivity index (χ1) is 9.65. The molecule has 6 heteroatoms. The summed E-state index contributed by atoms with van der Waals surface area (Å²) < 4.78 is 0. The normalized spacial score (nSPS) is 9.85. The second-order valence-corrected chi connectivity index (χ2v) is 4.18. The van der Waals surface area contributed by atoms with E-state index in [2.05, 4.69) is 20.6 Å². The number of aryl methyl sites for hydroxylation is 1. The van der Waals surface area contributed by atoms with Gasteiger partial charge < -0.3 is 10.6 Å². The van der Waals surface area contributed by atoms with Crippen molar-refractivity contribution in [3.63, 3.8) is 0 Å². The van der Waals surface area contributed by atoms with Gasteiger partial charge in [-0.05, 0) is 30.7 Å². The number of anilines is 1. The number of nitrogens with one attached hydrogen (secondary N) is 2. The van der Waals surface area contributed by atoms with Crippen LogP contribution in [0.3, 0.4) is 0 Å². The van der Waals surface area contributed by atoms with Crippen LogP contribution in [0.2, 0.25) is 0 Å². The van der Waals surface area contributed by atoms with Gasteiger partial charge in [0.15, 0.2) is 0 Å². The van der Waals surface area contributed by atoms with E-state index in [-0.39, 0.29) is 6.54 Å². The lowest BCUT2D eigenvalue weighted by atomic mass is 10.3. The van der Waals surface area contributed by atoms with Crippen LogP contribution < -0.4 is 10.6 Å². The Hall–Kier alpha value is -2.76. The van der Waals surface area contributed by atoms with E-state index in [0.717, 1.165) is 5.56 Å². The monoisotopic (exact) mass is 270 g/mol. The second-order valence-electron chi connectivity index (χ2n) is 4.18. The first-order valence-electron chi connectivity index (χ1n) is 6.07. The third kappa shape index (κ3) is 3.88. The number of pyridine rings is 2. The van der Waals surface area contributed by atoms with Crippen molar-refractivity contribution in [1.29, 1.82) is 0 Å². The third-order valence-electron chi connectivity index (χ3n) is 2.52. The maximum Gasteiger partial charge on any atom is 0.314 e. The van der Waals surface area contributed by atoms with Gasteiger partial charge in [-0.2, -0.15) is 0 Å². The van der Waals surface area contributed by atoms with Crippen LogP contribution >= 0.6 is 0 Å². The minimum Gasteiger partial charge on any atom is -0.342 e. The van der Waals surface area contributed by atoms with E-state index >= 15 is 0 Å². The molecule has 0 aromatic carbocycles. The fourth-order valence-corrected chi connectivity index (χ4v) is 1.47. The molecule has 0 unspecified atom stereocenters. The number of rotatable bonds is 3. The highest BCUT2D eigenvalue weighted by Gasteiger charge is 2.13. The summed E-state index contributed by atoms with van der Waals surface area (Å²) in [5.74, 6) is -1.14. The summed E-state index contributed by atoms with van der Waals surface area (Å²) in [5.41, 5.74) is 1.66. The summed E-state index contributed by atoms with van der Waals surface area (Å²) in [6.45, 7) is 2.09. The molecule has 0 saturated heterocycles. The molecule has 0 aliphatic carbocycles. The van der Waals surface area contributed by atoms with E-state index in [0.29, 0.717) is 11.5 Å². The van der Waals surface area contributed by atoms with Gasteiger partial charge in [0.1, 0.15) is 5.82 Å². The summed E-state index contributed by atoms with van der Waals surface area (Å²) in [6, 6.07) is 8.79. The summed E-state index contributed by atoms with van der Waals surface area (Å²) in [7, 11) is 0. The van der Waals surface area contributed by atoms with Crippen molar-refractivity contribution in [2.75, 3.05) is 5.32 Å². The molecule has 0 fully saturated rings. The van der Waals surface area contributed by atoms with E-state index in [4.69, 9.17) is 0 Å². The minimum absolute atomic E-state index is 0.203. The van der Waals surface area contributed by atoms with Crippen LogP contribution in [0.25, 0.3) is 0 Å². The molecule has 2 N–H and O–H groups in total. The number of amides is 2. The van der Waals surface area contributed by atoms with E-state index in [1.807, 2.05) is 13.0 Å². The van der Waals surface area contributed by atoms with Crippen LogP contribution in [0, 0.1) is 6.92 Å². The molecule has 2 rings (SSSR count). The van der Waals surface area contributed by atoms with E-state index in [9.17, 15) is 9.59 Å².